The Hall–Kier alpha value is -0.570. The molecule has 2 N–H and O–H groups in total. The van der Waals surface area contributed by atoms with E-state index in [1.54, 1.807) is 0 Å². The summed E-state index contributed by atoms with van der Waals surface area (Å²) in [7, 11) is 0. The van der Waals surface area contributed by atoms with Crippen LogP contribution in [0.15, 0.2) is 0 Å². The first-order valence-electron chi connectivity index (χ1n) is 13.1. The van der Waals surface area contributed by atoms with Gasteiger partial charge in [-0.15, -0.1) is 0 Å². The van der Waals surface area contributed by atoms with Crippen LogP contribution in [0, 0.1) is 11.8 Å². The van der Waals surface area contributed by atoms with Gasteiger partial charge in [0.05, 0.1) is 12.5 Å². The molecule has 0 atom stereocenters. The second-order valence-electron chi connectivity index (χ2n) is 9.42. The Morgan fingerprint density at radius 2 is 1.10 bits per heavy atom. The number of nitrogens with two attached hydrogens (primary N) is 1. The first-order valence-corrected chi connectivity index (χ1v) is 13.1. The summed E-state index contributed by atoms with van der Waals surface area (Å²) in [4.78, 5) is 12.1. The van der Waals surface area contributed by atoms with Crippen LogP contribution in [0.5, 0.6) is 0 Å². The van der Waals surface area contributed by atoms with Crippen molar-refractivity contribution in [1.82, 2.24) is 0 Å². The van der Waals surface area contributed by atoms with Crippen molar-refractivity contribution >= 4 is 5.97 Å². The molecule has 1 aliphatic carbocycles. The lowest BCUT2D eigenvalue weighted by Crippen LogP contribution is -2.27. The summed E-state index contributed by atoms with van der Waals surface area (Å²) in [5.74, 6) is 0.805. The maximum Gasteiger partial charge on any atom is 0.308 e. The Morgan fingerprint density at radius 3 is 1.52 bits per heavy atom. The topological polar surface area (TPSA) is 52.3 Å². The Balaban J connectivity index is 1.75. The normalized spacial score (nSPS) is 19.4. The molecule has 29 heavy (non-hydrogen) atoms. The van der Waals surface area contributed by atoms with Gasteiger partial charge in [0, 0.05) is 0 Å². The molecule has 1 rings (SSSR count). The molecule has 3 heteroatoms. The molecule has 1 fully saturated rings. The van der Waals surface area contributed by atoms with Crippen molar-refractivity contribution in [2.24, 2.45) is 17.6 Å². The molecule has 0 aliphatic heterocycles. The van der Waals surface area contributed by atoms with Crippen molar-refractivity contribution in [3.63, 3.8) is 0 Å². The Kier molecular flexibility index (Phi) is 17.7. The lowest BCUT2D eigenvalue weighted by molar-refractivity contribution is -0.150. The molecule has 0 unspecified atom stereocenters. The van der Waals surface area contributed by atoms with E-state index in [0.717, 1.165) is 38.6 Å². The smallest absolute Gasteiger partial charge is 0.308 e. The fourth-order valence-electron chi connectivity index (χ4n) is 4.57. The van der Waals surface area contributed by atoms with E-state index in [9.17, 15) is 4.79 Å². The van der Waals surface area contributed by atoms with Crippen LogP contribution in [0.4, 0.5) is 0 Å². The minimum Gasteiger partial charge on any atom is -0.465 e. The molecule has 0 saturated heterocycles. The van der Waals surface area contributed by atoms with Gasteiger partial charge in [-0.25, -0.2) is 0 Å². The summed E-state index contributed by atoms with van der Waals surface area (Å²) in [6, 6.07) is 0. The summed E-state index contributed by atoms with van der Waals surface area (Å²) < 4.78 is 5.50. The zero-order valence-corrected chi connectivity index (χ0v) is 19.6. The van der Waals surface area contributed by atoms with E-state index < -0.39 is 0 Å². The fourth-order valence-corrected chi connectivity index (χ4v) is 4.57. The van der Waals surface area contributed by atoms with Gasteiger partial charge in [0.25, 0.3) is 0 Å². The molecule has 0 aromatic heterocycles. The van der Waals surface area contributed by atoms with Crippen LogP contribution in [-0.4, -0.2) is 19.1 Å². The number of rotatable bonds is 19. The quantitative estimate of drug-likeness (QED) is 0.177. The van der Waals surface area contributed by atoms with Crippen LogP contribution >= 0.6 is 0 Å². The highest BCUT2D eigenvalue weighted by Gasteiger charge is 2.26. The lowest BCUT2D eigenvalue weighted by atomic mass is 9.82. The third kappa shape index (κ3) is 15.0. The largest absolute Gasteiger partial charge is 0.465 e. The molecule has 0 aromatic rings. The minimum atomic E-state index is 0.0430. The highest BCUT2D eigenvalue weighted by molar-refractivity contribution is 5.72. The van der Waals surface area contributed by atoms with Crippen LogP contribution in [0.2, 0.25) is 0 Å². The van der Waals surface area contributed by atoms with E-state index in [2.05, 4.69) is 6.92 Å². The summed E-state index contributed by atoms with van der Waals surface area (Å²) in [6.07, 6.45) is 26.0. The fraction of sp³-hybridized carbons (Fsp3) is 0.962. The average Bonchev–Trinajstić information content (AvgIpc) is 2.75. The van der Waals surface area contributed by atoms with Crippen LogP contribution in [0.1, 0.15) is 135 Å². The molecule has 0 aromatic carbocycles. The van der Waals surface area contributed by atoms with E-state index in [1.807, 2.05) is 0 Å². The number of hydrogen-bond acceptors (Lipinski definition) is 3. The first-order chi connectivity index (χ1) is 14.3. The average molecular weight is 410 g/mol. The maximum atomic E-state index is 12.1. The summed E-state index contributed by atoms with van der Waals surface area (Å²) in [5, 5.41) is 0. The number of carbonyl (C=O) groups excluding carboxylic acids is 1. The number of carbonyl (C=O) groups is 1. The maximum absolute atomic E-state index is 12.1. The summed E-state index contributed by atoms with van der Waals surface area (Å²) in [6.45, 7) is 3.67. The second-order valence-corrected chi connectivity index (χ2v) is 9.42. The molecular weight excluding hydrogens is 358 g/mol. The van der Waals surface area contributed by atoms with Gasteiger partial charge in [-0.3, -0.25) is 4.79 Å². The lowest BCUT2D eigenvalue weighted by Gasteiger charge is -2.26. The van der Waals surface area contributed by atoms with Crippen molar-refractivity contribution in [1.29, 1.82) is 0 Å². The van der Waals surface area contributed by atoms with E-state index in [4.69, 9.17) is 10.5 Å². The molecule has 0 radical (unpaired) electrons. The van der Waals surface area contributed by atoms with Crippen LogP contribution < -0.4 is 5.73 Å². The number of hydrogen-bond donors (Lipinski definition) is 1. The number of unbranched alkanes of at least 4 members (excludes halogenated alkanes) is 15. The van der Waals surface area contributed by atoms with Crippen molar-refractivity contribution < 1.29 is 9.53 Å². The van der Waals surface area contributed by atoms with Gasteiger partial charge in [-0.1, -0.05) is 103 Å². The molecular formula is C26H51NO2. The molecule has 3 nitrogen and oxygen atoms in total. The van der Waals surface area contributed by atoms with Crippen LogP contribution in [0.25, 0.3) is 0 Å². The standard InChI is InChI=1S/C26H51NO2/c1-2-3-4-5-6-7-8-9-10-11-12-13-14-15-16-17-22-29-26(28)25-20-18-24(23-27)19-21-25/h24-25H,2-23,27H2,1H3/t24-,25-. The summed E-state index contributed by atoms with van der Waals surface area (Å²) >= 11 is 0. The molecule has 172 valence electrons. The number of ether oxygens (including phenoxy) is 1. The van der Waals surface area contributed by atoms with Gasteiger partial charge in [-0.05, 0) is 44.6 Å². The van der Waals surface area contributed by atoms with Gasteiger partial charge in [0.15, 0.2) is 0 Å². The summed E-state index contributed by atoms with van der Waals surface area (Å²) in [5.41, 5.74) is 5.72. The second kappa shape index (κ2) is 19.4. The third-order valence-electron chi connectivity index (χ3n) is 6.76. The van der Waals surface area contributed by atoms with E-state index in [-0.39, 0.29) is 11.9 Å². The first kappa shape index (κ1) is 26.5. The van der Waals surface area contributed by atoms with Crippen molar-refractivity contribution in [2.45, 2.75) is 135 Å². The molecule has 1 aliphatic rings. The van der Waals surface area contributed by atoms with Gasteiger partial charge >= 0.3 is 5.97 Å². The molecule has 0 amide bonds. The van der Waals surface area contributed by atoms with E-state index in [0.29, 0.717) is 12.5 Å². The predicted molar refractivity (Wildman–Crippen MR) is 125 cm³/mol. The Bertz CT molecular complexity index is 364. The Labute approximate surface area is 181 Å². The van der Waals surface area contributed by atoms with E-state index in [1.165, 1.54) is 96.3 Å². The SMILES string of the molecule is CCCCCCCCCCCCCCCCCCOC(=O)[C@H]1CC[C@H](CN)CC1. The van der Waals surface area contributed by atoms with Crippen molar-refractivity contribution in [2.75, 3.05) is 13.2 Å². The number of esters is 1. The van der Waals surface area contributed by atoms with Gasteiger partial charge in [0.1, 0.15) is 0 Å². The van der Waals surface area contributed by atoms with Gasteiger partial charge in [0.2, 0.25) is 0 Å². The molecule has 0 bridgehead atoms. The highest BCUT2D eigenvalue weighted by atomic mass is 16.5. The minimum absolute atomic E-state index is 0.0430. The monoisotopic (exact) mass is 409 g/mol. The zero-order valence-electron chi connectivity index (χ0n) is 19.6. The Morgan fingerprint density at radius 1 is 0.690 bits per heavy atom. The molecule has 0 spiro atoms. The highest BCUT2D eigenvalue weighted by Crippen LogP contribution is 2.29. The molecule has 0 heterocycles. The zero-order chi connectivity index (χ0) is 21.0. The van der Waals surface area contributed by atoms with Crippen molar-refractivity contribution in [3.8, 4) is 0 Å². The predicted octanol–water partition coefficient (Wildman–Crippen LogP) is 7.56. The van der Waals surface area contributed by atoms with Crippen LogP contribution in [-0.2, 0) is 9.53 Å². The van der Waals surface area contributed by atoms with Crippen LogP contribution in [0.3, 0.4) is 0 Å². The third-order valence-corrected chi connectivity index (χ3v) is 6.76. The van der Waals surface area contributed by atoms with E-state index >= 15 is 0 Å². The molecule has 1 saturated carbocycles. The van der Waals surface area contributed by atoms with Crippen molar-refractivity contribution in [3.05, 3.63) is 0 Å². The van der Waals surface area contributed by atoms with Gasteiger partial charge in [-0.2, -0.15) is 0 Å². The van der Waals surface area contributed by atoms with Gasteiger partial charge < -0.3 is 10.5 Å².